The van der Waals surface area contributed by atoms with E-state index in [0.717, 1.165) is 29.8 Å². The van der Waals surface area contributed by atoms with E-state index in [0.29, 0.717) is 11.7 Å². The number of carbonyl (C=O) groups is 1. The Bertz CT molecular complexity index is 627. The molecule has 2 heterocycles. The highest BCUT2D eigenvalue weighted by Gasteiger charge is 2.14. The second-order valence-corrected chi connectivity index (χ2v) is 5.66. The van der Waals surface area contributed by atoms with Crippen LogP contribution in [0.1, 0.15) is 30.3 Å². The molecule has 7 heteroatoms. The summed E-state index contributed by atoms with van der Waals surface area (Å²) in [7, 11) is 0. The predicted molar refractivity (Wildman–Crippen MR) is 80.5 cm³/mol. The van der Waals surface area contributed by atoms with E-state index in [-0.39, 0.29) is 5.75 Å². The predicted octanol–water partition coefficient (Wildman–Crippen LogP) is 2.16. The summed E-state index contributed by atoms with van der Waals surface area (Å²) in [5.41, 5.74) is 2.24. The van der Waals surface area contributed by atoms with Gasteiger partial charge in [0.15, 0.2) is 5.16 Å². The fraction of sp³-hybridized carbons (Fsp3) is 0.429. The number of aliphatic carboxylic acids is 1. The third-order valence-electron chi connectivity index (χ3n) is 3.06. The number of aromatic nitrogens is 4. The highest BCUT2D eigenvalue weighted by molar-refractivity contribution is 7.99. The molecule has 0 bridgehead atoms. The van der Waals surface area contributed by atoms with Crippen molar-refractivity contribution in [3.8, 4) is 0 Å². The van der Waals surface area contributed by atoms with Gasteiger partial charge < -0.3 is 9.67 Å². The van der Waals surface area contributed by atoms with Crippen LogP contribution >= 0.6 is 11.8 Å². The molecular formula is C14H18N4O2S. The third kappa shape index (κ3) is 4.04. The summed E-state index contributed by atoms with van der Waals surface area (Å²) in [6.07, 6.45) is 5.38. The molecule has 0 aliphatic carbocycles. The van der Waals surface area contributed by atoms with Crippen LogP contribution in [-0.2, 0) is 17.8 Å². The minimum atomic E-state index is -0.855. The van der Waals surface area contributed by atoms with Crippen LogP contribution in [0.25, 0.3) is 0 Å². The smallest absolute Gasteiger partial charge is 0.313 e. The van der Waals surface area contributed by atoms with Crippen LogP contribution in [0.2, 0.25) is 0 Å². The number of rotatable bonds is 7. The van der Waals surface area contributed by atoms with Crippen molar-refractivity contribution in [1.82, 2.24) is 19.7 Å². The van der Waals surface area contributed by atoms with Gasteiger partial charge in [0.1, 0.15) is 5.82 Å². The van der Waals surface area contributed by atoms with E-state index in [1.54, 1.807) is 6.20 Å². The molecule has 2 aromatic rings. The van der Waals surface area contributed by atoms with Gasteiger partial charge in [-0.2, -0.15) is 0 Å². The Morgan fingerprint density at radius 3 is 2.90 bits per heavy atom. The van der Waals surface area contributed by atoms with Crippen LogP contribution in [-0.4, -0.2) is 36.6 Å². The van der Waals surface area contributed by atoms with Gasteiger partial charge in [-0.25, -0.2) is 0 Å². The van der Waals surface area contributed by atoms with Gasteiger partial charge >= 0.3 is 5.97 Å². The van der Waals surface area contributed by atoms with Crippen LogP contribution in [0.3, 0.4) is 0 Å². The van der Waals surface area contributed by atoms with Crippen LogP contribution in [0.15, 0.2) is 23.6 Å². The lowest BCUT2D eigenvalue weighted by atomic mass is 10.1. The first-order valence-corrected chi connectivity index (χ1v) is 7.76. The average molecular weight is 306 g/mol. The summed E-state index contributed by atoms with van der Waals surface area (Å²) < 4.78 is 2.00. The van der Waals surface area contributed by atoms with Gasteiger partial charge in [0, 0.05) is 18.8 Å². The van der Waals surface area contributed by atoms with Gasteiger partial charge in [-0.3, -0.25) is 9.78 Å². The lowest BCUT2D eigenvalue weighted by Crippen LogP contribution is -2.09. The summed E-state index contributed by atoms with van der Waals surface area (Å²) in [4.78, 5) is 14.8. The van der Waals surface area contributed by atoms with Crippen molar-refractivity contribution in [2.24, 2.45) is 0 Å². The molecule has 0 unspecified atom stereocenters. The second kappa shape index (κ2) is 7.21. The lowest BCUT2D eigenvalue weighted by molar-refractivity contribution is -0.133. The van der Waals surface area contributed by atoms with E-state index in [2.05, 4.69) is 22.1 Å². The quantitative estimate of drug-likeness (QED) is 0.790. The maximum Gasteiger partial charge on any atom is 0.313 e. The molecule has 1 N–H and O–H groups in total. The van der Waals surface area contributed by atoms with Gasteiger partial charge in [-0.05, 0) is 30.5 Å². The Morgan fingerprint density at radius 1 is 1.43 bits per heavy atom. The molecule has 2 rings (SSSR count). The fourth-order valence-electron chi connectivity index (χ4n) is 1.97. The Balaban J connectivity index is 2.27. The van der Waals surface area contributed by atoms with Gasteiger partial charge in [-0.15, -0.1) is 10.2 Å². The zero-order chi connectivity index (χ0) is 15.2. The number of nitrogens with zero attached hydrogens (tertiary/aromatic N) is 4. The number of hydrogen-bond acceptors (Lipinski definition) is 5. The first kappa shape index (κ1) is 15.5. The van der Waals surface area contributed by atoms with E-state index >= 15 is 0 Å². The molecule has 0 aliphatic rings. The molecule has 0 saturated heterocycles. The Morgan fingerprint density at radius 2 is 2.24 bits per heavy atom. The summed E-state index contributed by atoms with van der Waals surface area (Å²) in [6.45, 7) is 4.73. The monoisotopic (exact) mass is 306 g/mol. The van der Waals surface area contributed by atoms with Crippen molar-refractivity contribution in [3.05, 3.63) is 35.4 Å². The first-order chi connectivity index (χ1) is 10.1. The van der Waals surface area contributed by atoms with E-state index in [9.17, 15) is 4.79 Å². The molecule has 21 heavy (non-hydrogen) atoms. The van der Waals surface area contributed by atoms with Crippen molar-refractivity contribution < 1.29 is 9.90 Å². The van der Waals surface area contributed by atoms with E-state index in [1.165, 1.54) is 11.8 Å². The number of aryl methyl sites for hydroxylation is 2. The molecule has 0 amide bonds. The van der Waals surface area contributed by atoms with Crippen LogP contribution in [0, 0.1) is 6.92 Å². The van der Waals surface area contributed by atoms with Crippen LogP contribution in [0.5, 0.6) is 0 Å². The minimum Gasteiger partial charge on any atom is -0.481 e. The standard InChI is InChI=1S/C14H18N4O2S/c1-3-4-12-16-17-14(21-9-13(19)20)18(12)8-11-5-6-15-7-10(11)2/h5-7H,3-4,8-9H2,1-2H3,(H,19,20). The highest BCUT2D eigenvalue weighted by Crippen LogP contribution is 2.20. The largest absolute Gasteiger partial charge is 0.481 e. The molecule has 0 fully saturated rings. The number of hydrogen-bond donors (Lipinski definition) is 1. The van der Waals surface area contributed by atoms with Crippen molar-refractivity contribution >= 4 is 17.7 Å². The second-order valence-electron chi connectivity index (χ2n) is 4.72. The Labute approximate surface area is 127 Å². The summed E-state index contributed by atoms with van der Waals surface area (Å²) in [5.74, 6) is 0.0211. The molecule has 0 saturated carbocycles. The van der Waals surface area contributed by atoms with E-state index in [4.69, 9.17) is 5.11 Å². The number of carboxylic acids is 1. The number of carboxylic acid groups (broad SMARTS) is 1. The summed E-state index contributed by atoms with van der Waals surface area (Å²) in [5, 5.41) is 17.8. The molecule has 0 atom stereocenters. The van der Waals surface area contributed by atoms with Crippen LogP contribution < -0.4 is 0 Å². The molecule has 6 nitrogen and oxygen atoms in total. The summed E-state index contributed by atoms with van der Waals surface area (Å²) in [6, 6.07) is 1.97. The zero-order valence-corrected chi connectivity index (χ0v) is 12.9. The van der Waals surface area contributed by atoms with Crippen LogP contribution in [0.4, 0.5) is 0 Å². The molecule has 0 aromatic carbocycles. The fourth-order valence-corrected chi connectivity index (χ4v) is 2.65. The molecule has 0 aliphatic heterocycles. The molecular weight excluding hydrogens is 288 g/mol. The van der Waals surface area contributed by atoms with Gasteiger partial charge in [0.25, 0.3) is 0 Å². The Kier molecular flexibility index (Phi) is 5.32. The molecule has 112 valence electrons. The van der Waals surface area contributed by atoms with Gasteiger partial charge in [0.05, 0.1) is 12.3 Å². The topological polar surface area (TPSA) is 80.9 Å². The van der Waals surface area contributed by atoms with Crippen molar-refractivity contribution in [2.45, 2.75) is 38.4 Å². The van der Waals surface area contributed by atoms with Crippen molar-refractivity contribution in [1.29, 1.82) is 0 Å². The van der Waals surface area contributed by atoms with Gasteiger partial charge in [0.2, 0.25) is 0 Å². The normalized spacial score (nSPS) is 10.8. The highest BCUT2D eigenvalue weighted by atomic mass is 32.2. The van der Waals surface area contributed by atoms with E-state index in [1.807, 2.05) is 23.8 Å². The average Bonchev–Trinajstić information content (AvgIpc) is 2.82. The molecule has 2 aromatic heterocycles. The summed E-state index contributed by atoms with van der Waals surface area (Å²) >= 11 is 1.20. The van der Waals surface area contributed by atoms with Crippen molar-refractivity contribution in [3.63, 3.8) is 0 Å². The molecule has 0 radical (unpaired) electrons. The maximum absolute atomic E-state index is 10.7. The first-order valence-electron chi connectivity index (χ1n) is 6.78. The lowest BCUT2D eigenvalue weighted by Gasteiger charge is -2.11. The maximum atomic E-state index is 10.7. The number of pyridine rings is 1. The number of thioether (sulfide) groups is 1. The Hall–Kier alpha value is -1.89. The van der Waals surface area contributed by atoms with Crippen molar-refractivity contribution in [2.75, 3.05) is 5.75 Å². The SMILES string of the molecule is CCCc1nnc(SCC(=O)O)n1Cc1ccncc1C. The zero-order valence-electron chi connectivity index (χ0n) is 12.1. The van der Waals surface area contributed by atoms with Gasteiger partial charge in [-0.1, -0.05) is 18.7 Å². The van der Waals surface area contributed by atoms with E-state index < -0.39 is 5.97 Å². The molecule has 0 spiro atoms. The third-order valence-corrected chi connectivity index (χ3v) is 4.01. The minimum absolute atomic E-state index is 0.0143.